The van der Waals surface area contributed by atoms with E-state index in [0.29, 0.717) is 0 Å². The van der Waals surface area contributed by atoms with Gasteiger partial charge in [0.25, 0.3) is 0 Å². The zero-order chi connectivity index (χ0) is 11.1. The standard InChI is InChI=1S/C9H12S6/c10-13-4-7-1-2-8(5-14-11)9(3-7)6-15-12/h1-3,10-12H,4-6H2. The van der Waals surface area contributed by atoms with Crippen LogP contribution in [0.5, 0.6) is 0 Å². The van der Waals surface area contributed by atoms with Crippen LogP contribution in [0.4, 0.5) is 0 Å². The van der Waals surface area contributed by atoms with Gasteiger partial charge in [0, 0.05) is 17.3 Å². The second-order valence-corrected chi connectivity index (χ2v) is 6.89. The SMILES string of the molecule is SSCc1ccc(CSS)c(CSS)c1. The average Bonchev–Trinajstić information content (AvgIpc) is 2.23. The molecule has 0 heterocycles. The highest BCUT2D eigenvalue weighted by molar-refractivity contribution is 8.68. The lowest BCUT2D eigenvalue weighted by Crippen LogP contribution is -1.92. The molecule has 0 nitrogen and oxygen atoms in total. The van der Waals surface area contributed by atoms with Crippen molar-refractivity contribution in [3.05, 3.63) is 34.9 Å². The van der Waals surface area contributed by atoms with Gasteiger partial charge in [-0.05, 0) is 16.7 Å². The molecule has 0 saturated carbocycles. The summed E-state index contributed by atoms with van der Waals surface area (Å²) in [6, 6.07) is 6.59. The monoisotopic (exact) mass is 312 g/mol. The molecular formula is C9H12S6. The highest BCUT2D eigenvalue weighted by Crippen LogP contribution is 2.26. The van der Waals surface area contributed by atoms with E-state index in [1.54, 1.807) is 32.4 Å². The molecule has 0 atom stereocenters. The van der Waals surface area contributed by atoms with Gasteiger partial charge in [-0.2, -0.15) is 0 Å². The Bertz CT molecular complexity index is 301. The van der Waals surface area contributed by atoms with Crippen molar-refractivity contribution in [2.45, 2.75) is 17.3 Å². The molecule has 0 spiro atoms. The molecule has 0 N–H and O–H groups in total. The molecular weight excluding hydrogens is 301 g/mol. The van der Waals surface area contributed by atoms with Crippen LogP contribution in [0.15, 0.2) is 18.2 Å². The molecule has 0 fully saturated rings. The van der Waals surface area contributed by atoms with Crippen LogP contribution < -0.4 is 0 Å². The van der Waals surface area contributed by atoms with Crippen molar-refractivity contribution >= 4 is 67.4 Å². The van der Waals surface area contributed by atoms with E-state index in [0.717, 1.165) is 17.3 Å². The Balaban J connectivity index is 2.87. The van der Waals surface area contributed by atoms with Gasteiger partial charge in [0.2, 0.25) is 0 Å². The number of benzene rings is 1. The quantitative estimate of drug-likeness (QED) is 0.504. The maximum absolute atomic E-state index is 4.20. The van der Waals surface area contributed by atoms with Gasteiger partial charge in [-0.15, -0.1) is 35.0 Å². The van der Waals surface area contributed by atoms with Gasteiger partial charge in [0.05, 0.1) is 0 Å². The van der Waals surface area contributed by atoms with Crippen LogP contribution in [0.25, 0.3) is 0 Å². The van der Waals surface area contributed by atoms with Crippen LogP contribution in [-0.2, 0) is 17.3 Å². The molecule has 0 bridgehead atoms. The Labute approximate surface area is 119 Å². The van der Waals surface area contributed by atoms with Gasteiger partial charge in [-0.3, -0.25) is 0 Å². The average molecular weight is 313 g/mol. The van der Waals surface area contributed by atoms with E-state index in [-0.39, 0.29) is 0 Å². The topological polar surface area (TPSA) is 0 Å². The third-order valence-electron chi connectivity index (χ3n) is 1.94. The molecule has 0 aromatic heterocycles. The van der Waals surface area contributed by atoms with E-state index in [1.807, 2.05) is 0 Å². The van der Waals surface area contributed by atoms with Gasteiger partial charge >= 0.3 is 0 Å². The molecule has 0 amide bonds. The molecule has 1 aromatic rings. The number of thiol groups is 3. The van der Waals surface area contributed by atoms with Crippen LogP contribution in [0.1, 0.15) is 16.7 Å². The Kier molecular flexibility index (Phi) is 8.07. The summed E-state index contributed by atoms with van der Waals surface area (Å²) >= 11 is 12.6. The first-order chi connectivity index (χ1) is 7.31. The summed E-state index contributed by atoms with van der Waals surface area (Å²) in [5.74, 6) is 2.83. The van der Waals surface area contributed by atoms with Crippen molar-refractivity contribution < 1.29 is 0 Å². The highest BCUT2D eigenvalue weighted by Gasteiger charge is 2.03. The fraction of sp³-hybridized carbons (Fsp3) is 0.333. The highest BCUT2D eigenvalue weighted by atomic mass is 33.1. The van der Waals surface area contributed by atoms with Crippen molar-refractivity contribution in [3.63, 3.8) is 0 Å². The maximum atomic E-state index is 4.20. The van der Waals surface area contributed by atoms with E-state index in [9.17, 15) is 0 Å². The molecule has 0 aliphatic rings. The zero-order valence-corrected chi connectivity index (χ0v) is 13.1. The molecule has 0 radical (unpaired) electrons. The summed E-state index contributed by atoms with van der Waals surface area (Å²) in [5, 5.41) is 0. The Hall–Kier alpha value is 1.32. The zero-order valence-electron chi connectivity index (χ0n) is 7.92. The molecule has 0 aliphatic carbocycles. The molecule has 0 unspecified atom stereocenters. The van der Waals surface area contributed by atoms with Crippen molar-refractivity contribution in [2.75, 3.05) is 0 Å². The van der Waals surface area contributed by atoms with Crippen LogP contribution >= 0.6 is 67.4 Å². The summed E-state index contributed by atoms with van der Waals surface area (Å²) in [7, 11) is 4.66. The second kappa shape index (κ2) is 8.42. The summed E-state index contributed by atoms with van der Waals surface area (Å²) in [6.45, 7) is 0. The minimum Gasteiger partial charge on any atom is -0.111 e. The van der Waals surface area contributed by atoms with Crippen LogP contribution in [-0.4, -0.2) is 0 Å². The summed E-state index contributed by atoms with van der Waals surface area (Å²) in [4.78, 5) is 0. The Morgan fingerprint density at radius 2 is 1.40 bits per heavy atom. The lowest BCUT2D eigenvalue weighted by Gasteiger charge is -2.09. The number of hydrogen-bond acceptors (Lipinski definition) is 6. The third kappa shape index (κ3) is 5.00. The molecule has 1 aromatic carbocycles. The molecule has 1 rings (SSSR count). The largest absolute Gasteiger partial charge is 0.111 e. The van der Waals surface area contributed by atoms with Gasteiger partial charge < -0.3 is 0 Å². The van der Waals surface area contributed by atoms with Gasteiger partial charge in [-0.25, -0.2) is 0 Å². The van der Waals surface area contributed by atoms with E-state index in [2.05, 4.69) is 53.2 Å². The second-order valence-electron chi connectivity index (χ2n) is 2.92. The summed E-state index contributed by atoms with van der Waals surface area (Å²) < 4.78 is 0. The third-order valence-corrected chi connectivity index (χ3v) is 4.45. The first-order valence-corrected chi connectivity index (χ1v) is 10.3. The maximum Gasteiger partial charge on any atom is 0.0289 e. The minimum absolute atomic E-state index is 0.942. The molecule has 15 heavy (non-hydrogen) atoms. The van der Waals surface area contributed by atoms with Crippen molar-refractivity contribution in [1.29, 1.82) is 0 Å². The van der Waals surface area contributed by atoms with E-state index >= 15 is 0 Å². The Morgan fingerprint density at radius 1 is 0.800 bits per heavy atom. The fourth-order valence-electron chi connectivity index (χ4n) is 1.26. The van der Waals surface area contributed by atoms with Crippen LogP contribution in [0.2, 0.25) is 0 Å². The van der Waals surface area contributed by atoms with Crippen molar-refractivity contribution in [1.82, 2.24) is 0 Å². The predicted octanol–water partition coefficient (Wildman–Crippen LogP) is 4.92. The lowest BCUT2D eigenvalue weighted by molar-refractivity contribution is 1.25. The first kappa shape index (κ1) is 14.4. The van der Waals surface area contributed by atoms with Crippen molar-refractivity contribution in [2.24, 2.45) is 0 Å². The van der Waals surface area contributed by atoms with Crippen LogP contribution in [0, 0.1) is 0 Å². The molecule has 84 valence electrons. The van der Waals surface area contributed by atoms with Gasteiger partial charge in [-0.1, -0.05) is 50.6 Å². The van der Waals surface area contributed by atoms with E-state index < -0.39 is 0 Å². The minimum atomic E-state index is 0.942. The normalized spacial score (nSPS) is 10.6. The predicted molar refractivity (Wildman–Crippen MR) is 87.3 cm³/mol. The fourth-order valence-corrected chi connectivity index (χ4v) is 3.70. The molecule has 0 saturated heterocycles. The van der Waals surface area contributed by atoms with Gasteiger partial charge in [0.15, 0.2) is 0 Å². The Morgan fingerprint density at radius 3 is 2.00 bits per heavy atom. The van der Waals surface area contributed by atoms with Gasteiger partial charge in [0.1, 0.15) is 0 Å². The first-order valence-electron chi connectivity index (χ1n) is 4.21. The molecule has 0 aliphatic heterocycles. The summed E-state index contributed by atoms with van der Waals surface area (Å²) in [5.41, 5.74) is 4.03. The van der Waals surface area contributed by atoms with Crippen LogP contribution in [0.3, 0.4) is 0 Å². The summed E-state index contributed by atoms with van der Waals surface area (Å²) in [6.07, 6.45) is 0. The smallest absolute Gasteiger partial charge is 0.0289 e. The molecule has 6 heteroatoms. The van der Waals surface area contributed by atoms with E-state index in [4.69, 9.17) is 0 Å². The number of hydrogen-bond donors (Lipinski definition) is 3. The number of rotatable bonds is 6. The van der Waals surface area contributed by atoms with Crippen molar-refractivity contribution in [3.8, 4) is 0 Å². The van der Waals surface area contributed by atoms with E-state index in [1.165, 1.54) is 16.7 Å². The lowest BCUT2D eigenvalue weighted by atomic mass is 10.1.